The first-order valence-corrected chi connectivity index (χ1v) is 51.0. The summed E-state index contributed by atoms with van der Waals surface area (Å²) in [5.74, 6) is -5.08. The molecule has 0 saturated carbocycles. The third-order valence-corrected chi connectivity index (χ3v) is 29.8. The minimum Gasteiger partial charge on any atom is -0.550 e. The second kappa shape index (κ2) is 47.9. The predicted octanol–water partition coefficient (Wildman–Crippen LogP) is 16.9. The summed E-state index contributed by atoms with van der Waals surface area (Å²) in [6, 6.07) is 74.3. The van der Waals surface area contributed by atoms with Gasteiger partial charge in [0.1, 0.15) is 43.8 Å². The van der Waals surface area contributed by atoms with E-state index in [4.69, 9.17) is 18.9 Å². The molecule has 2 fully saturated rings. The van der Waals surface area contributed by atoms with Crippen LogP contribution in [0.4, 0.5) is 13.2 Å². The Morgan fingerprint density at radius 3 is 1.08 bits per heavy atom. The zero-order valence-electron chi connectivity index (χ0n) is 81.7. The maximum absolute atomic E-state index is 14.9. The van der Waals surface area contributed by atoms with Gasteiger partial charge in [0.05, 0.1) is 60.4 Å². The Labute approximate surface area is 838 Å². The van der Waals surface area contributed by atoms with Crippen LogP contribution in [0.3, 0.4) is 0 Å². The topological polar surface area (TPSA) is 299 Å². The van der Waals surface area contributed by atoms with Crippen LogP contribution in [-0.4, -0.2) is 154 Å². The molecule has 30 heteroatoms. The van der Waals surface area contributed by atoms with Crippen molar-refractivity contribution in [1.82, 2.24) is 26.6 Å². The van der Waals surface area contributed by atoms with Crippen molar-refractivity contribution in [3.05, 3.63) is 306 Å². The second-order valence-corrected chi connectivity index (χ2v) is 43.6. The maximum atomic E-state index is 14.9. The van der Waals surface area contributed by atoms with Crippen LogP contribution in [0.5, 0.6) is 0 Å². The molecule has 9 aromatic carbocycles. The first-order valence-electron chi connectivity index (χ1n) is 46.7. The normalized spacial score (nSPS) is 16.2. The van der Waals surface area contributed by atoms with Gasteiger partial charge in [0.2, 0.25) is 30.1 Å². The minimum absolute atomic E-state index is 0. The van der Waals surface area contributed by atoms with Gasteiger partial charge in [-0.2, -0.15) is 12.9 Å². The number of hydrogen-bond acceptors (Lipinski definition) is 17. The number of carboxylic acid groups (broad SMARTS) is 1. The van der Waals surface area contributed by atoms with Crippen LogP contribution in [-0.2, 0) is 103 Å². The van der Waals surface area contributed by atoms with Crippen molar-refractivity contribution in [2.45, 2.75) is 254 Å². The number of rotatable bonds is 36. The van der Waals surface area contributed by atoms with E-state index in [1.54, 1.807) is 57.5 Å². The molecule has 3 aromatic heterocycles. The largest absolute Gasteiger partial charge is 1.00 e. The second-order valence-electron chi connectivity index (χ2n) is 37.7. The fourth-order valence-electron chi connectivity index (χ4n) is 18.3. The molecule has 3 N–H and O–H groups in total. The summed E-state index contributed by atoms with van der Waals surface area (Å²) in [7, 11) is -7.51. The Bertz CT molecular complexity index is 6470. The summed E-state index contributed by atoms with van der Waals surface area (Å²) in [5.41, 5.74) is 11.2. The SMILES string of the molecule is CC(C)c1c(S(=O)(=O)N(C)Cc2ccccc2)c(-c2ccccc2)c(-c2ccc(F)cc2)n1CC[C@@H](O)C[C@@H](O)CC(=O)[O-].CC(C)c1c(S(=O)(=O)N(C)Cc2ccccc2)c(-c2ccccc2)c(-c2ccc(F)cc2)n1CC[C@@H]1C[C@@H](O)CC(=O)O1.CC(C)c1c(S(=O)(=O)N(C)Cc2ccccc2)c(-c2ccccc2)c(-c2ccc(F)cc2)n1CC[C@@H]1C[C@H](CC(=O)OC(C)(C)C)OC(C)(C)O1.[Na+]. The summed E-state index contributed by atoms with van der Waals surface area (Å²) in [5, 5.41) is 41.9. The van der Waals surface area contributed by atoms with Gasteiger partial charge >= 0.3 is 41.5 Å². The summed E-state index contributed by atoms with van der Waals surface area (Å²) >= 11 is 0. The molecule has 2 aliphatic rings. The van der Waals surface area contributed by atoms with Gasteiger partial charge in [0, 0.05) is 126 Å². The molecular weight excluding hydrogens is 1840 g/mol. The molecule has 0 radical (unpaired) electrons. The fraction of sp³-hybridized carbons (Fsp3) is 0.367. The van der Waals surface area contributed by atoms with Gasteiger partial charge < -0.3 is 57.9 Å². The van der Waals surface area contributed by atoms with Gasteiger partial charge in [0.25, 0.3) is 0 Å². The Morgan fingerprint density at radius 2 is 0.770 bits per heavy atom. The molecule has 23 nitrogen and oxygen atoms in total. The molecule has 2 saturated heterocycles. The number of aliphatic carboxylic acids is 1. The molecule has 14 rings (SSSR count). The average molecular weight is 1970 g/mol. The Balaban J connectivity index is 0.000000200. The molecule has 0 unspecified atom stereocenters. The summed E-state index contributed by atoms with van der Waals surface area (Å²) in [6.45, 7) is 22.2. The zero-order chi connectivity index (χ0) is 99.9. The number of cyclic esters (lactones) is 1. The van der Waals surface area contributed by atoms with Crippen LogP contribution in [0.1, 0.15) is 185 Å². The van der Waals surface area contributed by atoms with E-state index in [1.165, 1.54) is 49.3 Å². The van der Waals surface area contributed by atoms with Crippen molar-refractivity contribution in [2.75, 3.05) is 21.1 Å². The number of carboxylic acids is 1. The minimum atomic E-state index is -4.12. The molecule has 0 amide bonds. The number of carbonyl (C=O) groups excluding carboxylic acids is 3. The molecule has 0 bridgehead atoms. The van der Waals surface area contributed by atoms with Gasteiger partial charge in [-0.05, 0) is 195 Å². The number of benzene rings is 9. The molecule has 2 aliphatic heterocycles. The van der Waals surface area contributed by atoms with Crippen molar-refractivity contribution in [3.63, 3.8) is 0 Å². The van der Waals surface area contributed by atoms with Gasteiger partial charge in [-0.1, -0.05) is 224 Å². The van der Waals surface area contributed by atoms with Gasteiger partial charge in [0.15, 0.2) is 5.79 Å². The number of sulfonamides is 3. The summed E-state index contributed by atoms with van der Waals surface area (Å²) in [6.07, 6.45) is -3.35. The molecule has 5 heterocycles. The third-order valence-electron chi connectivity index (χ3n) is 24.2. The van der Waals surface area contributed by atoms with E-state index in [2.05, 4.69) is 4.57 Å². The quantitative estimate of drug-likeness (QED) is 0.0243. The van der Waals surface area contributed by atoms with Crippen molar-refractivity contribution >= 4 is 48.0 Å². The van der Waals surface area contributed by atoms with Crippen molar-refractivity contribution in [1.29, 1.82) is 0 Å². The van der Waals surface area contributed by atoms with Gasteiger partial charge in [-0.15, -0.1) is 0 Å². The molecule has 0 spiro atoms. The number of aliphatic hydroxyl groups excluding tert-OH is 3. The number of ether oxygens (including phenoxy) is 4. The van der Waals surface area contributed by atoms with Crippen LogP contribution in [0.2, 0.25) is 0 Å². The van der Waals surface area contributed by atoms with Crippen LogP contribution in [0, 0.1) is 17.5 Å². The fourth-order valence-corrected chi connectivity index (χ4v) is 23.4. The number of aliphatic hydroxyl groups is 3. The monoisotopic (exact) mass is 1970 g/mol. The van der Waals surface area contributed by atoms with E-state index in [-0.39, 0.29) is 132 Å². The van der Waals surface area contributed by atoms with E-state index in [9.17, 15) is 73.2 Å². The smallest absolute Gasteiger partial charge is 0.550 e. The number of esters is 2. The molecule has 139 heavy (non-hydrogen) atoms. The molecular formula is C109H126F3N6NaO17S3. The molecule has 734 valence electrons. The maximum Gasteiger partial charge on any atom is 1.00 e. The van der Waals surface area contributed by atoms with Gasteiger partial charge in [-0.3, -0.25) is 9.59 Å². The van der Waals surface area contributed by atoms with E-state index in [0.717, 1.165) is 22.3 Å². The molecule has 12 aromatic rings. The third kappa shape index (κ3) is 27.7. The Kier molecular flexibility index (Phi) is 37.5. The van der Waals surface area contributed by atoms with Crippen LogP contribution < -0.4 is 34.7 Å². The van der Waals surface area contributed by atoms with E-state index in [1.807, 2.05) is 267 Å². The van der Waals surface area contributed by atoms with Crippen molar-refractivity contribution in [3.8, 4) is 67.2 Å². The Morgan fingerprint density at radius 1 is 0.460 bits per heavy atom. The molecule has 6 atom stereocenters. The number of halogens is 3. The number of aromatic nitrogens is 3. The predicted molar refractivity (Wildman–Crippen MR) is 527 cm³/mol. The number of carbonyl (C=O) groups is 3. The average Bonchev–Trinajstić information content (AvgIpc) is 1.57. The van der Waals surface area contributed by atoms with Crippen molar-refractivity contribution < 1.29 is 122 Å². The number of nitrogens with zero attached hydrogens (tertiary/aromatic N) is 6. The first kappa shape index (κ1) is 109. The van der Waals surface area contributed by atoms with E-state index < -0.39 is 102 Å². The standard InChI is InChI=1S/C41H51FN2O6S.C34H39FN2O6S.C34H37FN2O5S.Na/c1-28(2)37-39(51(46,47)43(8)27-29-15-11-9-12-16-29)36(30-17-13-10-14-18-30)38(31-19-21-32(42)22-20-31)44(37)24-23-33-25-34(49-41(6,7)48-33)26-35(45)50-40(3,4)5;1-23(2)32-34(44(42,43)36(3)22-24-10-6-4-7-11-24)31(25-12-8-5-9-13-25)33(26-14-16-27(35)17-15-26)37(32)19-18-28(38)20-29(39)21-30(40)41;1-23(2)32-34(43(40,41)36(3)22-24-10-6-4-7-11-24)31(25-12-8-5-9-13-25)33(26-14-16-27(35)17-15-26)37(32)19-18-29-20-28(38)21-30(39)42-29;/h9-22,28,33-34H,23-27H2,1-8H3;4-17,23,28-29,38-39H,18-22H2,1-3H3,(H,40,41);4-17,23,28-29,38H,18-22H2,1-3H3;/q;;;+1/p-1/t33-,34-;2*28-,29-;/m111./s1. The van der Waals surface area contributed by atoms with E-state index >= 15 is 0 Å². The van der Waals surface area contributed by atoms with Crippen LogP contribution in [0.15, 0.2) is 269 Å². The number of hydrogen-bond donors (Lipinski definition) is 3. The summed E-state index contributed by atoms with van der Waals surface area (Å²) in [4.78, 5) is 36.3. The van der Waals surface area contributed by atoms with Crippen molar-refractivity contribution in [2.24, 2.45) is 0 Å². The van der Waals surface area contributed by atoms with Crippen LogP contribution >= 0.6 is 0 Å². The zero-order valence-corrected chi connectivity index (χ0v) is 86.1. The Hall–Kier alpha value is -10.5. The van der Waals surface area contributed by atoms with E-state index in [0.29, 0.717) is 117 Å². The van der Waals surface area contributed by atoms with Gasteiger partial charge in [-0.25, -0.2) is 38.4 Å². The first-order chi connectivity index (χ1) is 65.4. The summed E-state index contributed by atoms with van der Waals surface area (Å²) < 4.78 is 165. The van der Waals surface area contributed by atoms with Crippen LogP contribution in [0.25, 0.3) is 67.2 Å². The molecule has 0 aliphatic carbocycles.